The zero-order valence-electron chi connectivity index (χ0n) is 11.6. The minimum Gasteiger partial charge on any atom is -0.376 e. The minimum absolute atomic E-state index is 0.00699. The highest BCUT2D eigenvalue weighted by atomic mass is 19.1. The molecule has 2 rings (SSSR count). The van der Waals surface area contributed by atoms with Gasteiger partial charge in [-0.15, -0.1) is 0 Å². The average Bonchev–Trinajstić information content (AvgIpc) is 2.46. The molecule has 0 heterocycles. The van der Waals surface area contributed by atoms with E-state index in [9.17, 15) is 8.78 Å². The van der Waals surface area contributed by atoms with Crippen LogP contribution >= 0.6 is 0 Å². The monoisotopic (exact) mass is 275 g/mol. The maximum Gasteiger partial charge on any atom is 0.146 e. The van der Waals surface area contributed by atoms with Gasteiger partial charge in [0.2, 0.25) is 0 Å². The smallest absolute Gasteiger partial charge is 0.146 e. The normalized spacial score (nSPS) is 12.2. The number of hydrogen-bond donors (Lipinski definition) is 1. The van der Waals surface area contributed by atoms with Crippen molar-refractivity contribution >= 4 is 5.69 Å². The van der Waals surface area contributed by atoms with E-state index >= 15 is 0 Å². The molecule has 0 fully saturated rings. The highest BCUT2D eigenvalue weighted by Gasteiger charge is 2.13. The second-order valence-corrected chi connectivity index (χ2v) is 4.87. The number of rotatable bonds is 6. The molecule has 0 aliphatic carbocycles. The zero-order valence-corrected chi connectivity index (χ0v) is 11.6. The topological polar surface area (TPSA) is 12.0 Å². The number of benzene rings is 2. The summed E-state index contributed by atoms with van der Waals surface area (Å²) in [7, 11) is 0. The fraction of sp³-hybridized carbons (Fsp3) is 0.294. The molecule has 2 aromatic rings. The molecule has 0 saturated heterocycles. The number of nitrogens with one attached hydrogen (secondary N) is 1. The van der Waals surface area contributed by atoms with Gasteiger partial charge in [0.25, 0.3) is 0 Å². The van der Waals surface area contributed by atoms with Crippen molar-refractivity contribution < 1.29 is 8.78 Å². The Morgan fingerprint density at radius 3 is 2.35 bits per heavy atom. The van der Waals surface area contributed by atoms with Crippen LogP contribution in [0.25, 0.3) is 0 Å². The molecular weight excluding hydrogens is 256 g/mol. The van der Waals surface area contributed by atoms with Gasteiger partial charge in [0, 0.05) is 0 Å². The number of unbranched alkanes of at least 4 members (excludes halogenated alkanes) is 1. The molecule has 0 radical (unpaired) electrons. The summed E-state index contributed by atoms with van der Waals surface area (Å²) in [5, 5.41) is 3.22. The molecule has 106 valence electrons. The van der Waals surface area contributed by atoms with E-state index in [4.69, 9.17) is 0 Å². The summed E-state index contributed by atoms with van der Waals surface area (Å²) >= 11 is 0. The third-order valence-corrected chi connectivity index (χ3v) is 3.32. The zero-order chi connectivity index (χ0) is 14.4. The van der Waals surface area contributed by atoms with Gasteiger partial charge in [0.1, 0.15) is 11.6 Å². The molecule has 1 atom stereocenters. The molecule has 0 bridgehead atoms. The molecule has 1 unspecified atom stereocenters. The third-order valence-electron chi connectivity index (χ3n) is 3.32. The number of hydrogen-bond acceptors (Lipinski definition) is 1. The second kappa shape index (κ2) is 7.04. The van der Waals surface area contributed by atoms with Gasteiger partial charge in [-0.3, -0.25) is 0 Å². The first-order valence-electron chi connectivity index (χ1n) is 6.97. The number of anilines is 1. The summed E-state index contributed by atoms with van der Waals surface area (Å²) in [5.41, 5.74) is 1.46. The average molecular weight is 275 g/mol. The molecule has 2 aromatic carbocycles. The van der Waals surface area contributed by atoms with E-state index in [1.807, 2.05) is 0 Å². The number of halogens is 2. The van der Waals surface area contributed by atoms with Crippen LogP contribution in [0.15, 0.2) is 48.5 Å². The Morgan fingerprint density at radius 1 is 1.00 bits per heavy atom. The van der Waals surface area contributed by atoms with Gasteiger partial charge >= 0.3 is 0 Å². The molecule has 1 N–H and O–H groups in total. The lowest BCUT2D eigenvalue weighted by atomic mass is 10.0. The highest BCUT2D eigenvalue weighted by molar-refractivity contribution is 5.46. The van der Waals surface area contributed by atoms with Crippen molar-refractivity contribution in [3.05, 3.63) is 65.7 Å². The molecule has 3 heteroatoms. The quantitative estimate of drug-likeness (QED) is 0.753. The Kier molecular flexibility index (Phi) is 5.10. The Balaban J connectivity index is 2.19. The molecular formula is C17H19F2N. The lowest BCUT2D eigenvalue weighted by molar-refractivity contribution is 0.603. The molecule has 0 aliphatic heterocycles. The van der Waals surface area contributed by atoms with Crippen LogP contribution in [0.1, 0.15) is 37.8 Å². The van der Waals surface area contributed by atoms with E-state index in [-0.39, 0.29) is 17.7 Å². The predicted octanol–water partition coefficient (Wildman–Crippen LogP) is 5.31. The molecule has 0 spiro atoms. The summed E-state index contributed by atoms with van der Waals surface area (Å²) < 4.78 is 26.7. The lowest BCUT2D eigenvalue weighted by Crippen LogP contribution is -2.12. The lowest BCUT2D eigenvalue weighted by Gasteiger charge is -2.20. The molecule has 0 aromatic heterocycles. The third kappa shape index (κ3) is 3.80. The Hall–Kier alpha value is -1.90. The van der Waals surface area contributed by atoms with Gasteiger partial charge < -0.3 is 5.32 Å². The van der Waals surface area contributed by atoms with Crippen molar-refractivity contribution in [2.75, 3.05) is 5.32 Å². The van der Waals surface area contributed by atoms with Crippen LogP contribution in [-0.4, -0.2) is 0 Å². The van der Waals surface area contributed by atoms with Gasteiger partial charge in [0.15, 0.2) is 0 Å². The van der Waals surface area contributed by atoms with Gasteiger partial charge in [-0.1, -0.05) is 44.0 Å². The van der Waals surface area contributed by atoms with Gasteiger partial charge in [-0.25, -0.2) is 8.78 Å². The molecule has 20 heavy (non-hydrogen) atoms. The van der Waals surface area contributed by atoms with Crippen molar-refractivity contribution in [2.24, 2.45) is 0 Å². The summed E-state index contributed by atoms with van der Waals surface area (Å²) in [4.78, 5) is 0. The van der Waals surface area contributed by atoms with Crippen LogP contribution < -0.4 is 5.32 Å². The Morgan fingerprint density at radius 2 is 1.70 bits per heavy atom. The summed E-state index contributed by atoms with van der Waals surface area (Å²) in [6, 6.07) is 13.0. The largest absolute Gasteiger partial charge is 0.376 e. The van der Waals surface area contributed by atoms with Crippen LogP contribution in [0.2, 0.25) is 0 Å². The van der Waals surface area contributed by atoms with Crippen LogP contribution in [0, 0.1) is 11.6 Å². The second-order valence-electron chi connectivity index (χ2n) is 4.87. The van der Waals surface area contributed by atoms with Crippen LogP contribution in [0.3, 0.4) is 0 Å². The first-order chi connectivity index (χ1) is 9.70. The van der Waals surface area contributed by atoms with Crippen LogP contribution in [-0.2, 0) is 0 Å². The van der Waals surface area contributed by atoms with Crippen molar-refractivity contribution in [3.63, 3.8) is 0 Å². The Bertz CT molecular complexity index is 537. The minimum atomic E-state index is -0.267. The van der Waals surface area contributed by atoms with Crippen molar-refractivity contribution in [1.82, 2.24) is 0 Å². The van der Waals surface area contributed by atoms with Crippen LogP contribution in [0.5, 0.6) is 0 Å². The predicted molar refractivity (Wildman–Crippen MR) is 78.7 cm³/mol. The first-order valence-corrected chi connectivity index (χ1v) is 6.97. The standard InChI is InChI=1S/C17H19F2N/c1-2-3-7-16(13-9-11-14(18)12-10-13)20-17-8-5-4-6-15(17)19/h4-6,8-12,16,20H,2-3,7H2,1H3. The SMILES string of the molecule is CCCCC(Nc1ccccc1F)c1ccc(F)cc1. The van der Waals surface area contributed by atoms with Crippen molar-refractivity contribution in [1.29, 1.82) is 0 Å². The number of para-hydroxylation sites is 1. The Labute approximate surface area is 118 Å². The fourth-order valence-corrected chi connectivity index (χ4v) is 2.19. The first kappa shape index (κ1) is 14.5. The van der Waals surface area contributed by atoms with Crippen molar-refractivity contribution in [2.45, 2.75) is 32.2 Å². The van der Waals surface area contributed by atoms with E-state index in [2.05, 4.69) is 12.2 Å². The van der Waals surface area contributed by atoms with Gasteiger partial charge in [0.05, 0.1) is 11.7 Å². The van der Waals surface area contributed by atoms with Crippen LogP contribution in [0.4, 0.5) is 14.5 Å². The van der Waals surface area contributed by atoms with E-state index in [1.54, 1.807) is 30.3 Å². The molecule has 0 saturated carbocycles. The molecule has 1 nitrogen and oxygen atoms in total. The summed E-state index contributed by atoms with van der Waals surface area (Å²) in [5.74, 6) is -0.523. The molecule has 0 aliphatic rings. The van der Waals surface area contributed by atoms with Crippen molar-refractivity contribution in [3.8, 4) is 0 Å². The highest BCUT2D eigenvalue weighted by Crippen LogP contribution is 2.26. The van der Waals surface area contributed by atoms with E-state index in [0.29, 0.717) is 5.69 Å². The fourth-order valence-electron chi connectivity index (χ4n) is 2.19. The summed E-state index contributed by atoms with van der Waals surface area (Å²) in [6.07, 6.45) is 2.98. The van der Waals surface area contributed by atoms with E-state index in [0.717, 1.165) is 24.8 Å². The van der Waals surface area contributed by atoms with E-state index in [1.165, 1.54) is 18.2 Å². The van der Waals surface area contributed by atoms with Gasteiger partial charge in [-0.05, 0) is 36.2 Å². The maximum atomic E-state index is 13.7. The molecule has 0 amide bonds. The maximum absolute atomic E-state index is 13.7. The summed E-state index contributed by atoms with van der Waals surface area (Å²) in [6.45, 7) is 2.12. The van der Waals surface area contributed by atoms with Gasteiger partial charge in [-0.2, -0.15) is 0 Å². The van der Waals surface area contributed by atoms with E-state index < -0.39 is 0 Å².